The molecule has 2 heterocycles. The normalized spacial score (nSPS) is 18.2. The van der Waals surface area contributed by atoms with Crippen LogP contribution in [0, 0.1) is 12.8 Å². The molecule has 0 saturated carbocycles. The molecular weight excluding hydrogens is 394 g/mol. The van der Waals surface area contributed by atoms with Gasteiger partial charge in [-0.2, -0.15) is 0 Å². The number of hydrogen-bond acceptors (Lipinski definition) is 5. The average molecular weight is 426 g/mol. The predicted octanol–water partition coefficient (Wildman–Crippen LogP) is 5.23. The summed E-state index contributed by atoms with van der Waals surface area (Å²) in [5.41, 5.74) is 0.484. The zero-order valence-corrected chi connectivity index (χ0v) is 18.7. The lowest BCUT2D eigenvalue weighted by Crippen LogP contribution is -2.30. The van der Waals surface area contributed by atoms with Gasteiger partial charge < -0.3 is 19.2 Å². The molecule has 3 rings (SSSR count). The number of likely N-dealkylation sites (tertiary alicyclic amines) is 1. The Labute approximate surface area is 183 Å². The molecule has 1 aliphatic rings. The number of Topliss-reactive ketones (excluding diaryl/α,β-unsaturated/α-hetero) is 1. The molecule has 31 heavy (non-hydrogen) atoms. The van der Waals surface area contributed by atoms with E-state index in [1.807, 2.05) is 6.92 Å². The number of carbonyl (C=O) groups is 2. The van der Waals surface area contributed by atoms with E-state index in [1.54, 1.807) is 36.4 Å². The van der Waals surface area contributed by atoms with Crippen LogP contribution in [0.1, 0.15) is 63.2 Å². The minimum Gasteiger partial charge on any atom is -0.507 e. The Morgan fingerprint density at radius 3 is 2.61 bits per heavy atom. The first-order valence-corrected chi connectivity index (χ1v) is 10.9. The van der Waals surface area contributed by atoms with Crippen LogP contribution in [-0.2, 0) is 9.59 Å². The first-order valence-electron chi connectivity index (χ1n) is 10.9. The van der Waals surface area contributed by atoms with Crippen LogP contribution in [-0.4, -0.2) is 34.8 Å². The quantitative estimate of drug-likeness (QED) is 0.257. The molecule has 1 aromatic heterocycles. The summed E-state index contributed by atoms with van der Waals surface area (Å²) in [6.45, 7) is 8.96. The van der Waals surface area contributed by atoms with Crippen molar-refractivity contribution in [1.29, 1.82) is 0 Å². The Hall–Kier alpha value is -3.02. The van der Waals surface area contributed by atoms with Crippen LogP contribution in [0.2, 0.25) is 0 Å². The molecule has 1 aliphatic heterocycles. The third kappa shape index (κ3) is 5.01. The van der Waals surface area contributed by atoms with E-state index in [1.165, 1.54) is 4.90 Å². The van der Waals surface area contributed by atoms with Crippen molar-refractivity contribution in [2.75, 3.05) is 13.2 Å². The fourth-order valence-corrected chi connectivity index (χ4v) is 3.69. The van der Waals surface area contributed by atoms with E-state index in [-0.39, 0.29) is 11.3 Å². The largest absolute Gasteiger partial charge is 0.507 e. The van der Waals surface area contributed by atoms with E-state index < -0.39 is 17.7 Å². The first-order chi connectivity index (χ1) is 14.8. The molecule has 0 aliphatic carbocycles. The zero-order valence-electron chi connectivity index (χ0n) is 18.7. The third-order valence-corrected chi connectivity index (χ3v) is 5.26. The molecule has 0 radical (unpaired) electrons. The Bertz CT molecular complexity index is 972. The average Bonchev–Trinajstić information content (AvgIpc) is 3.28. The number of nitrogens with zero attached hydrogens (tertiary/aromatic N) is 1. The molecular formula is C25H31NO5. The lowest BCUT2D eigenvalue weighted by molar-refractivity contribution is -0.140. The number of ketones is 1. The van der Waals surface area contributed by atoms with Gasteiger partial charge in [-0.25, -0.2) is 0 Å². The third-order valence-electron chi connectivity index (χ3n) is 5.26. The first kappa shape index (κ1) is 22.7. The summed E-state index contributed by atoms with van der Waals surface area (Å²) in [4.78, 5) is 27.3. The van der Waals surface area contributed by atoms with Crippen LogP contribution >= 0.6 is 0 Å². The standard InChI is InChI=1S/C25H31NO5/c1-5-6-7-13-26-22(20-12-11-17(4)31-20)21(24(28)25(26)29)23(27)18-9-8-10-19(14-18)30-15-16(2)3/h8-12,14,16,22,27H,5-7,13,15H2,1-4H3/b23-21-. The lowest BCUT2D eigenvalue weighted by atomic mass is 9.99. The fraction of sp³-hybridized carbons (Fsp3) is 0.440. The minimum absolute atomic E-state index is 0.0526. The van der Waals surface area contributed by atoms with Crippen LogP contribution in [0.3, 0.4) is 0 Å². The van der Waals surface area contributed by atoms with Crippen LogP contribution in [0.25, 0.3) is 5.76 Å². The van der Waals surface area contributed by atoms with E-state index in [4.69, 9.17) is 9.15 Å². The number of aliphatic hydroxyl groups excluding tert-OH is 1. The molecule has 0 bridgehead atoms. The van der Waals surface area contributed by atoms with Gasteiger partial charge in [0.1, 0.15) is 29.1 Å². The number of unbranched alkanes of at least 4 members (excludes halogenated alkanes) is 2. The number of rotatable bonds is 9. The van der Waals surface area contributed by atoms with Crippen molar-refractivity contribution in [2.45, 2.75) is 53.0 Å². The second-order valence-corrected chi connectivity index (χ2v) is 8.38. The van der Waals surface area contributed by atoms with Crippen molar-refractivity contribution in [3.63, 3.8) is 0 Å². The predicted molar refractivity (Wildman–Crippen MR) is 119 cm³/mol. The molecule has 6 nitrogen and oxygen atoms in total. The minimum atomic E-state index is -0.745. The molecule has 1 fully saturated rings. The lowest BCUT2D eigenvalue weighted by Gasteiger charge is -2.23. The Kier molecular flexibility index (Phi) is 7.21. The van der Waals surface area contributed by atoms with Gasteiger partial charge in [-0.05, 0) is 43.5 Å². The van der Waals surface area contributed by atoms with Crippen molar-refractivity contribution in [2.24, 2.45) is 5.92 Å². The highest BCUT2D eigenvalue weighted by Crippen LogP contribution is 2.40. The fourth-order valence-electron chi connectivity index (χ4n) is 3.69. The summed E-state index contributed by atoms with van der Waals surface area (Å²) in [7, 11) is 0. The van der Waals surface area contributed by atoms with Gasteiger partial charge in [0.15, 0.2) is 0 Å². The van der Waals surface area contributed by atoms with Gasteiger partial charge in [0.05, 0.1) is 12.2 Å². The highest BCUT2D eigenvalue weighted by atomic mass is 16.5. The number of benzene rings is 1. The van der Waals surface area contributed by atoms with E-state index in [9.17, 15) is 14.7 Å². The van der Waals surface area contributed by atoms with Gasteiger partial charge in [0, 0.05) is 12.1 Å². The molecule has 1 unspecified atom stereocenters. The summed E-state index contributed by atoms with van der Waals surface area (Å²) in [6.07, 6.45) is 2.72. The molecule has 166 valence electrons. The van der Waals surface area contributed by atoms with Crippen LogP contribution in [0.15, 0.2) is 46.4 Å². The van der Waals surface area contributed by atoms with Crippen LogP contribution in [0.4, 0.5) is 0 Å². The Morgan fingerprint density at radius 1 is 1.19 bits per heavy atom. The molecule has 1 saturated heterocycles. The van der Waals surface area contributed by atoms with Crippen molar-refractivity contribution < 1.29 is 23.8 Å². The second-order valence-electron chi connectivity index (χ2n) is 8.38. The van der Waals surface area contributed by atoms with E-state index >= 15 is 0 Å². The maximum absolute atomic E-state index is 13.0. The van der Waals surface area contributed by atoms with E-state index in [0.29, 0.717) is 41.9 Å². The van der Waals surface area contributed by atoms with Crippen LogP contribution < -0.4 is 4.74 Å². The molecule has 1 atom stereocenters. The topological polar surface area (TPSA) is 80.0 Å². The molecule has 1 aromatic carbocycles. The SMILES string of the molecule is CCCCCN1C(=O)C(=O)/C(=C(\O)c2cccc(OCC(C)C)c2)C1c1ccc(C)o1. The maximum Gasteiger partial charge on any atom is 0.295 e. The summed E-state index contributed by atoms with van der Waals surface area (Å²) in [5, 5.41) is 11.1. The number of aliphatic hydroxyl groups is 1. The number of carbonyl (C=O) groups excluding carboxylic acids is 2. The number of hydrogen-bond donors (Lipinski definition) is 1. The number of furan rings is 1. The van der Waals surface area contributed by atoms with Gasteiger partial charge >= 0.3 is 0 Å². The number of amides is 1. The molecule has 0 spiro atoms. The highest BCUT2D eigenvalue weighted by molar-refractivity contribution is 6.46. The zero-order chi connectivity index (χ0) is 22.5. The van der Waals surface area contributed by atoms with Crippen LogP contribution in [0.5, 0.6) is 5.75 Å². The molecule has 2 aromatic rings. The van der Waals surface area contributed by atoms with Gasteiger partial charge in [0.2, 0.25) is 0 Å². The van der Waals surface area contributed by atoms with Crippen molar-refractivity contribution >= 4 is 17.4 Å². The van der Waals surface area contributed by atoms with Crippen molar-refractivity contribution in [1.82, 2.24) is 4.90 Å². The summed E-state index contributed by atoms with van der Waals surface area (Å²) < 4.78 is 11.5. The second kappa shape index (κ2) is 9.86. The van der Waals surface area contributed by atoms with Crippen molar-refractivity contribution in [3.05, 3.63) is 59.1 Å². The summed E-state index contributed by atoms with van der Waals surface area (Å²) in [6, 6.07) is 9.75. The van der Waals surface area contributed by atoms with Gasteiger partial charge in [-0.3, -0.25) is 9.59 Å². The van der Waals surface area contributed by atoms with Gasteiger partial charge in [-0.15, -0.1) is 0 Å². The van der Waals surface area contributed by atoms with Crippen molar-refractivity contribution in [3.8, 4) is 5.75 Å². The monoisotopic (exact) mass is 425 g/mol. The van der Waals surface area contributed by atoms with E-state index in [2.05, 4.69) is 20.8 Å². The smallest absolute Gasteiger partial charge is 0.295 e. The maximum atomic E-state index is 13.0. The Morgan fingerprint density at radius 2 is 1.97 bits per heavy atom. The van der Waals surface area contributed by atoms with E-state index in [0.717, 1.165) is 19.3 Å². The van der Waals surface area contributed by atoms with Gasteiger partial charge in [0.25, 0.3) is 11.7 Å². The Balaban J connectivity index is 2.03. The summed E-state index contributed by atoms with van der Waals surface area (Å²) >= 11 is 0. The molecule has 1 N–H and O–H groups in total. The summed E-state index contributed by atoms with van der Waals surface area (Å²) in [5.74, 6) is 0.587. The van der Waals surface area contributed by atoms with Gasteiger partial charge in [-0.1, -0.05) is 45.7 Å². The molecule has 1 amide bonds. The highest BCUT2D eigenvalue weighted by Gasteiger charge is 2.47. The number of ether oxygens (including phenoxy) is 1. The molecule has 6 heteroatoms. The number of aryl methyl sites for hydroxylation is 1.